The molecule has 0 aliphatic carbocycles. The van der Waals surface area contributed by atoms with Crippen LogP contribution in [-0.2, 0) is 11.3 Å². The number of rotatable bonds is 7. The number of aromatic nitrogens is 2. The molecule has 2 aromatic carbocycles. The molecule has 0 bridgehead atoms. The van der Waals surface area contributed by atoms with Crippen LogP contribution in [0.2, 0.25) is 5.02 Å². The van der Waals surface area contributed by atoms with Gasteiger partial charge in [-0.05, 0) is 50.2 Å². The first-order chi connectivity index (χ1) is 15.6. The molecule has 0 spiro atoms. The molecule has 9 heteroatoms. The molecule has 0 saturated carbocycles. The molecule has 2 heterocycles. The van der Waals surface area contributed by atoms with Crippen molar-refractivity contribution in [1.29, 1.82) is 0 Å². The van der Waals surface area contributed by atoms with Gasteiger partial charge in [-0.1, -0.05) is 28.9 Å². The molecule has 0 atom stereocenters. The zero-order valence-corrected chi connectivity index (χ0v) is 18.8. The largest absolute Gasteiger partial charge is 0.493 e. The maximum Gasteiger partial charge on any atom is 0.241 e. The Balaban J connectivity index is 1.30. The van der Waals surface area contributed by atoms with Gasteiger partial charge in [-0.25, -0.2) is 0 Å². The molecule has 4 rings (SSSR count). The van der Waals surface area contributed by atoms with E-state index >= 15 is 0 Å². The van der Waals surface area contributed by atoms with Crippen molar-refractivity contribution < 1.29 is 18.8 Å². The summed E-state index contributed by atoms with van der Waals surface area (Å²) in [4.78, 5) is 19.4. The molecule has 0 unspecified atom stereocenters. The second-order valence-corrected chi connectivity index (χ2v) is 8.01. The third kappa shape index (κ3) is 5.03. The van der Waals surface area contributed by atoms with Crippen LogP contribution in [0.4, 0.5) is 5.69 Å². The van der Waals surface area contributed by atoms with Crippen LogP contribution in [-0.4, -0.2) is 48.3 Å². The van der Waals surface area contributed by atoms with Crippen molar-refractivity contribution in [3.8, 4) is 22.9 Å². The number of halogens is 1. The Bertz CT molecular complexity index is 1080. The molecule has 1 fully saturated rings. The summed E-state index contributed by atoms with van der Waals surface area (Å²) < 4.78 is 15.9. The Kier molecular flexibility index (Phi) is 6.92. The number of nitrogens with zero attached hydrogens (tertiary/aromatic N) is 3. The first-order valence-electron chi connectivity index (χ1n) is 10.4. The summed E-state index contributed by atoms with van der Waals surface area (Å²) >= 11 is 6.21. The molecule has 0 radical (unpaired) electrons. The van der Waals surface area contributed by atoms with Crippen molar-refractivity contribution in [2.75, 3.05) is 32.6 Å². The molecular formula is C23H25ClN4O4. The fourth-order valence-corrected chi connectivity index (χ4v) is 3.99. The Morgan fingerprint density at radius 2 is 1.91 bits per heavy atom. The minimum Gasteiger partial charge on any atom is -0.493 e. The number of carbonyl (C=O) groups is 1. The molecule has 1 saturated heterocycles. The Morgan fingerprint density at radius 1 is 1.16 bits per heavy atom. The summed E-state index contributed by atoms with van der Waals surface area (Å²) in [5, 5.41) is 7.62. The number of carbonyl (C=O) groups excluding carboxylic acids is 1. The Morgan fingerprint density at radius 3 is 2.62 bits per heavy atom. The number of benzene rings is 2. The molecule has 1 amide bonds. The van der Waals surface area contributed by atoms with E-state index in [4.69, 9.17) is 25.6 Å². The average Bonchev–Trinajstić information content (AvgIpc) is 3.27. The highest BCUT2D eigenvalue weighted by molar-refractivity contribution is 6.33. The van der Waals surface area contributed by atoms with E-state index in [2.05, 4.69) is 20.4 Å². The van der Waals surface area contributed by atoms with Crippen LogP contribution < -0.4 is 14.8 Å². The van der Waals surface area contributed by atoms with Gasteiger partial charge < -0.3 is 19.3 Å². The van der Waals surface area contributed by atoms with Gasteiger partial charge in [-0.15, -0.1) is 0 Å². The van der Waals surface area contributed by atoms with Gasteiger partial charge in [0.1, 0.15) is 0 Å². The van der Waals surface area contributed by atoms with Crippen molar-refractivity contribution >= 4 is 23.2 Å². The molecule has 8 nitrogen and oxygen atoms in total. The van der Waals surface area contributed by atoms with Gasteiger partial charge in [0.25, 0.3) is 0 Å². The summed E-state index contributed by atoms with van der Waals surface area (Å²) in [6.07, 6.45) is 1.51. The third-order valence-electron chi connectivity index (χ3n) is 5.55. The maximum absolute atomic E-state index is 12.7. The number of methoxy groups -OCH3 is 2. The first kappa shape index (κ1) is 22.1. The van der Waals surface area contributed by atoms with Crippen LogP contribution in [0.5, 0.6) is 11.5 Å². The van der Waals surface area contributed by atoms with E-state index in [-0.39, 0.29) is 11.8 Å². The van der Waals surface area contributed by atoms with E-state index in [9.17, 15) is 4.79 Å². The van der Waals surface area contributed by atoms with Crippen LogP contribution in [0.3, 0.4) is 0 Å². The zero-order chi connectivity index (χ0) is 22.5. The summed E-state index contributed by atoms with van der Waals surface area (Å²) in [5.74, 6) is 2.17. The predicted octanol–water partition coefficient (Wildman–Crippen LogP) is 4.26. The van der Waals surface area contributed by atoms with E-state index in [1.54, 1.807) is 38.5 Å². The quantitative estimate of drug-likeness (QED) is 0.568. The van der Waals surface area contributed by atoms with E-state index in [0.717, 1.165) is 31.5 Å². The minimum absolute atomic E-state index is 0.00988. The number of hydrogen-bond acceptors (Lipinski definition) is 7. The van der Waals surface area contributed by atoms with Gasteiger partial charge in [0.05, 0.1) is 25.8 Å². The van der Waals surface area contributed by atoms with Crippen LogP contribution in [0.1, 0.15) is 18.7 Å². The number of amides is 1. The van der Waals surface area contributed by atoms with Crippen LogP contribution in [0.25, 0.3) is 11.4 Å². The lowest BCUT2D eigenvalue weighted by Gasteiger charge is -2.30. The van der Waals surface area contributed by atoms with E-state index in [0.29, 0.717) is 40.5 Å². The summed E-state index contributed by atoms with van der Waals surface area (Å²) in [6.45, 7) is 2.09. The number of ether oxygens (including phenoxy) is 2. The van der Waals surface area contributed by atoms with Gasteiger partial charge in [0.2, 0.25) is 17.6 Å². The van der Waals surface area contributed by atoms with Gasteiger partial charge in [-0.3, -0.25) is 9.69 Å². The van der Waals surface area contributed by atoms with E-state index in [1.165, 1.54) is 0 Å². The highest BCUT2D eigenvalue weighted by Gasteiger charge is 2.26. The molecule has 1 aliphatic rings. The lowest BCUT2D eigenvalue weighted by atomic mass is 9.96. The predicted molar refractivity (Wildman–Crippen MR) is 121 cm³/mol. The monoisotopic (exact) mass is 456 g/mol. The molecule has 1 aliphatic heterocycles. The topological polar surface area (TPSA) is 89.7 Å². The normalized spacial score (nSPS) is 14.8. The summed E-state index contributed by atoms with van der Waals surface area (Å²) in [7, 11) is 3.15. The Labute approximate surface area is 191 Å². The molecule has 168 valence electrons. The zero-order valence-electron chi connectivity index (χ0n) is 18.0. The van der Waals surface area contributed by atoms with Crippen LogP contribution in [0.15, 0.2) is 47.0 Å². The van der Waals surface area contributed by atoms with Gasteiger partial charge in [0, 0.05) is 23.2 Å². The van der Waals surface area contributed by atoms with Crippen molar-refractivity contribution in [3.63, 3.8) is 0 Å². The van der Waals surface area contributed by atoms with Gasteiger partial charge in [-0.2, -0.15) is 4.98 Å². The second-order valence-electron chi connectivity index (χ2n) is 7.60. The molecular weight excluding hydrogens is 432 g/mol. The van der Waals surface area contributed by atoms with Crippen molar-refractivity contribution in [1.82, 2.24) is 15.0 Å². The number of nitrogens with one attached hydrogen (secondary N) is 1. The molecule has 1 N–H and O–H groups in total. The molecule has 1 aromatic heterocycles. The highest BCUT2D eigenvalue weighted by atomic mass is 35.5. The SMILES string of the molecule is COc1ccc(NC(=O)C2CCN(Cc3nc(-c4ccccc4Cl)no3)CC2)cc1OC. The first-order valence-corrected chi connectivity index (χ1v) is 10.8. The number of hydrogen-bond donors (Lipinski definition) is 1. The van der Waals surface area contributed by atoms with Gasteiger partial charge >= 0.3 is 0 Å². The fraction of sp³-hybridized carbons (Fsp3) is 0.348. The van der Waals surface area contributed by atoms with Crippen LogP contribution in [0, 0.1) is 5.92 Å². The lowest BCUT2D eigenvalue weighted by molar-refractivity contribution is -0.121. The second kappa shape index (κ2) is 10.0. The average molecular weight is 457 g/mol. The number of piperidine rings is 1. The third-order valence-corrected chi connectivity index (χ3v) is 5.88. The smallest absolute Gasteiger partial charge is 0.241 e. The fourth-order valence-electron chi connectivity index (χ4n) is 3.77. The van der Waals surface area contributed by atoms with Crippen molar-refractivity contribution in [2.24, 2.45) is 5.92 Å². The molecule has 32 heavy (non-hydrogen) atoms. The Hall–Kier alpha value is -3.10. The number of likely N-dealkylation sites (tertiary alicyclic amines) is 1. The van der Waals surface area contributed by atoms with Gasteiger partial charge in [0.15, 0.2) is 11.5 Å². The highest BCUT2D eigenvalue weighted by Crippen LogP contribution is 2.30. The lowest BCUT2D eigenvalue weighted by Crippen LogP contribution is -2.37. The van der Waals surface area contributed by atoms with E-state index < -0.39 is 0 Å². The summed E-state index contributed by atoms with van der Waals surface area (Å²) in [6, 6.07) is 12.7. The summed E-state index contributed by atoms with van der Waals surface area (Å²) in [5.41, 5.74) is 1.43. The number of anilines is 1. The standard InChI is InChI=1S/C23H25ClN4O4/c1-30-19-8-7-16(13-20(19)31-2)25-23(29)15-9-11-28(12-10-15)14-21-26-22(27-32-21)17-5-3-4-6-18(17)24/h3-8,13,15H,9-12,14H2,1-2H3,(H,25,29). The molecule has 3 aromatic rings. The van der Waals surface area contributed by atoms with Crippen LogP contribution >= 0.6 is 11.6 Å². The van der Waals surface area contributed by atoms with Crippen molar-refractivity contribution in [3.05, 3.63) is 53.4 Å². The van der Waals surface area contributed by atoms with E-state index in [1.807, 2.05) is 18.2 Å². The maximum atomic E-state index is 12.7. The van der Waals surface area contributed by atoms with Crippen molar-refractivity contribution in [2.45, 2.75) is 19.4 Å². The minimum atomic E-state index is -0.0549.